The number of aromatic nitrogens is 2. The molecule has 5 rings (SSSR count). The number of morpholine rings is 1. The second-order valence-corrected chi connectivity index (χ2v) is 10.6. The number of carbonyl (C=O) groups is 1. The zero-order valence-corrected chi connectivity index (χ0v) is 21.9. The Balaban J connectivity index is 1.45. The normalized spacial score (nSPS) is 22.9. The smallest absolute Gasteiger partial charge is 0.243 e. The minimum Gasteiger partial charge on any atom is -0.379 e. The molecule has 1 aromatic heterocycles. The molecule has 1 saturated heterocycles. The third-order valence-electron chi connectivity index (χ3n) is 8.13. The van der Waals surface area contributed by atoms with Crippen LogP contribution < -0.4 is 4.90 Å². The largest absolute Gasteiger partial charge is 0.379 e. The number of fused-ring (bicyclic) bond motifs is 2. The van der Waals surface area contributed by atoms with Crippen LogP contribution in [0.3, 0.4) is 0 Å². The lowest BCUT2D eigenvalue weighted by molar-refractivity contribution is -0.124. The van der Waals surface area contributed by atoms with Gasteiger partial charge in [0, 0.05) is 37.1 Å². The number of ether oxygens (including phenoxy) is 1. The van der Waals surface area contributed by atoms with Gasteiger partial charge in [-0.3, -0.25) is 19.8 Å². The van der Waals surface area contributed by atoms with Crippen LogP contribution in [-0.2, 0) is 22.4 Å². The van der Waals surface area contributed by atoms with E-state index in [2.05, 4.69) is 42.9 Å². The van der Waals surface area contributed by atoms with Crippen LogP contribution in [0.25, 0.3) is 0 Å². The second kappa shape index (κ2) is 9.86. The molecule has 188 valence electrons. The summed E-state index contributed by atoms with van der Waals surface area (Å²) in [5, 5.41) is 8.06. The molecule has 2 aliphatic carbocycles. The van der Waals surface area contributed by atoms with Gasteiger partial charge >= 0.3 is 0 Å². The fourth-order valence-electron chi connectivity index (χ4n) is 5.80. The number of rotatable bonds is 7. The minimum atomic E-state index is -0.186. The number of nitrogens with zero attached hydrogens (tertiary/aromatic N) is 4. The number of hydrogen-bond donors (Lipinski definition) is 1. The highest BCUT2D eigenvalue weighted by atomic mass is 16.5. The van der Waals surface area contributed by atoms with Crippen LogP contribution in [0, 0.1) is 25.7 Å². The highest BCUT2D eigenvalue weighted by Crippen LogP contribution is 2.48. The highest BCUT2D eigenvalue weighted by molar-refractivity contribution is 6.02. The van der Waals surface area contributed by atoms with Crippen molar-refractivity contribution in [1.82, 2.24) is 15.1 Å². The Bertz CT molecular complexity index is 1130. The van der Waals surface area contributed by atoms with Crippen molar-refractivity contribution < 1.29 is 9.53 Å². The van der Waals surface area contributed by atoms with Gasteiger partial charge in [-0.15, -0.1) is 0 Å². The molecule has 7 nitrogen and oxygen atoms in total. The SMILES string of the molecule is CCCC(=Nc1cc(N(C)C(=O)C(C)N2CCOCC2)c(C)cc1C)c1n[nH]c2c1CC1CC1C2. The number of H-pyrrole nitrogens is 1. The number of benzene rings is 1. The van der Waals surface area contributed by atoms with Gasteiger partial charge < -0.3 is 9.64 Å². The summed E-state index contributed by atoms with van der Waals surface area (Å²) in [6.07, 6.45) is 5.51. The van der Waals surface area contributed by atoms with Gasteiger partial charge in [0.1, 0.15) is 5.69 Å². The highest BCUT2D eigenvalue weighted by Gasteiger charge is 2.43. The van der Waals surface area contributed by atoms with E-state index in [0.717, 1.165) is 84.5 Å². The van der Waals surface area contributed by atoms with Crippen molar-refractivity contribution in [2.45, 2.75) is 65.8 Å². The molecule has 1 aromatic carbocycles. The van der Waals surface area contributed by atoms with E-state index < -0.39 is 0 Å². The first kappa shape index (κ1) is 24.2. The lowest BCUT2D eigenvalue weighted by Gasteiger charge is -2.34. The number of aliphatic imine (C=N–C) groups is 1. The third kappa shape index (κ3) is 4.81. The monoisotopic (exact) mass is 477 g/mol. The summed E-state index contributed by atoms with van der Waals surface area (Å²) in [5.74, 6) is 1.79. The summed E-state index contributed by atoms with van der Waals surface area (Å²) in [6.45, 7) is 11.3. The Kier molecular flexibility index (Phi) is 6.82. The number of hydrogen-bond acceptors (Lipinski definition) is 5. The summed E-state index contributed by atoms with van der Waals surface area (Å²) in [4.78, 5) is 22.6. The number of aryl methyl sites for hydroxylation is 2. The van der Waals surface area contributed by atoms with Crippen LogP contribution in [0.5, 0.6) is 0 Å². The third-order valence-corrected chi connectivity index (χ3v) is 8.13. The Morgan fingerprint density at radius 2 is 1.97 bits per heavy atom. The average Bonchev–Trinajstić information content (AvgIpc) is 3.51. The van der Waals surface area contributed by atoms with E-state index >= 15 is 0 Å². The number of carbonyl (C=O) groups excluding carboxylic acids is 1. The van der Waals surface area contributed by atoms with Crippen molar-refractivity contribution in [3.8, 4) is 0 Å². The molecule has 1 saturated carbocycles. The lowest BCUT2D eigenvalue weighted by atomic mass is 9.93. The summed E-state index contributed by atoms with van der Waals surface area (Å²) in [7, 11) is 1.88. The second-order valence-electron chi connectivity index (χ2n) is 10.6. The van der Waals surface area contributed by atoms with Gasteiger partial charge in [-0.1, -0.05) is 19.4 Å². The Hall–Kier alpha value is -2.51. The van der Waals surface area contributed by atoms with E-state index in [4.69, 9.17) is 14.8 Å². The Labute approximate surface area is 208 Å². The predicted octanol–water partition coefficient (Wildman–Crippen LogP) is 4.37. The molecule has 3 atom stereocenters. The van der Waals surface area contributed by atoms with Crippen molar-refractivity contribution in [1.29, 1.82) is 0 Å². The van der Waals surface area contributed by atoms with Gasteiger partial charge in [0.05, 0.1) is 30.7 Å². The summed E-state index contributed by atoms with van der Waals surface area (Å²) in [6, 6.07) is 4.05. The van der Waals surface area contributed by atoms with Crippen molar-refractivity contribution >= 4 is 23.0 Å². The zero-order valence-electron chi connectivity index (χ0n) is 21.9. The number of aromatic amines is 1. The molecule has 7 heteroatoms. The molecule has 1 N–H and O–H groups in total. The fourth-order valence-corrected chi connectivity index (χ4v) is 5.80. The fraction of sp³-hybridized carbons (Fsp3) is 0.607. The standard InChI is InChI=1S/C28H39N5O2/c1-6-7-23(27-22-14-20-13-21(20)15-25(22)30-31-27)29-24-16-26(18(3)12-17(24)2)32(5)28(34)19(4)33-8-10-35-11-9-33/h12,16,19-21H,6-11,13-15H2,1-5H3,(H,30,31). The van der Waals surface area contributed by atoms with Gasteiger partial charge in [-0.25, -0.2) is 0 Å². The summed E-state index contributed by atoms with van der Waals surface area (Å²) in [5.41, 5.74) is 8.84. The molecule has 2 aromatic rings. The molecular weight excluding hydrogens is 438 g/mol. The zero-order chi connectivity index (χ0) is 24.7. The van der Waals surface area contributed by atoms with Crippen LogP contribution in [-0.4, -0.2) is 66.1 Å². The van der Waals surface area contributed by atoms with Crippen LogP contribution in [0.4, 0.5) is 11.4 Å². The topological polar surface area (TPSA) is 73.8 Å². The van der Waals surface area contributed by atoms with Crippen molar-refractivity contribution in [3.05, 3.63) is 40.2 Å². The van der Waals surface area contributed by atoms with Crippen LogP contribution in [0.1, 0.15) is 61.2 Å². The number of likely N-dealkylation sites (N-methyl/N-ethyl adjacent to an activating group) is 1. The maximum atomic E-state index is 13.4. The van der Waals surface area contributed by atoms with Crippen molar-refractivity contribution in [3.63, 3.8) is 0 Å². The quantitative estimate of drug-likeness (QED) is 0.601. The molecule has 3 unspecified atom stereocenters. The van der Waals surface area contributed by atoms with Crippen LogP contribution >= 0.6 is 0 Å². The molecular formula is C28H39N5O2. The lowest BCUT2D eigenvalue weighted by Crippen LogP contribution is -2.50. The van der Waals surface area contributed by atoms with E-state index in [1.807, 2.05) is 14.0 Å². The van der Waals surface area contributed by atoms with E-state index in [1.165, 1.54) is 17.7 Å². The van der Waals surface area contributed by atoms with Gasteiger partial charge in [0.15, 0.2) is 0 Å². The van der Waals surface area contributed by atoms with E-state index in [-0.39, 0.29) is 11.9 Å². The summed E-state index contributed by atoms with van der Waals surface area (Å²) >= 11 is 0. The number of amides is 1. The van der Waals surface area contributed by atoms with E-state index in [0.29, 0.717) is 13.2 Å². The van der Waals surface area contributed by atoms with Gasteiger partial charge in [0.2, 0.25) is 5.91 Å². The van der Waals surface area contributed by atoms with Crippen LogP contribution in [0.2, 0.25) is 0 Å². The van der Waals surface area contributed by atoms with Gasteiger partial charge in [-0.05, 0) is 75.5 Å². The maximum Gasteiger partial charge on any atom is 0.243 e. The number of nitrogens with one attached hydrogen (secondary N) is 1. The Morgan fingerprint density at radius 3 is 2.71 bits per heavy atom. The minimum absolute atomic E-state index is 0.0999. The molecule has 0 bridgehead atoms. The maximum absolute atomic E-state index is 13.4. The average molecular weight is 478 g/mol. The Morgan fingerprint density at radius 1 is 1.23 bits per heavy atom. The molecule has 35 heavy (non-hydrogen) atoms. The molecule has 1 aliphatic heterocycles. The predicted molar refractivity (Wildman–Crippen MR) is 140 cm³/mol. The molecule has 2 fully saturated rings. The molecule has 3 aliphatic rings. The van der Waals surface area contributed by atoms with Gasteiger partial charge in [0.25, 0.3) is 0 Å². The molecule has 2 heterocycles. The van der Waals surface area contributed by atoms with Crippen LogP contribution in [0.15, 0.2) is 17.1 Å². The first-order chi connectivity index (χ1) is 16.9. The van der Waals surface area contributed by atoms with Crippen molar-refractivity contribution in [2.75, 3.05) is 38.3 Å². The van der Waals surface area contributed by atoms with E-state index in [1.54, 1.807) is 4.90 Å². The van der Waals surface area contributed by atoms with Gasteiger partial charge in [-0.2, -0.15) is 5.10 Å². The van der Waals surface area contributed by atoms with Crippen molar-refractivity contribution in [2.24, 2.45) is 16.8 Å². The molecule has 1 amide bonds. The van der Waals surface area contributed by atoms with E-state index in [9.17, 15) is 4.79 Å². The molecule has 0 radical (unpaired) electrons. The first-order valence-corrected chi connectivity index (χ1v) is 13.2. The summed E-state index contributed by atoms with van der Waals surface area (Å²) < 4.78 is 5.46. The molecule has 0 spiro atoms. The first-order valence-electron chi connectivity index (χ1n) is 13.2. The number of anilines is 1.